The van der Waals surface area contributed by atoms with E-state index in [0.717, 1.165) is 16.5 Å². The average Bonchev–Trinajstić information content (AvgIpc) is 2.59. The first-order valence-electron chi connectivity index (χ1n) is 7.62. The molecule has 0 saturated heterocycles. The zero-order chi connectivity index (χ0) is 19.7. The Morgan fingerprint density at radius 2 is 1.85 bits per heavy atom. The molecular weight excluding hydrogens is 369 g/mol. The number of carbonyl (C=O) groups excluding carboxylic acids is 1. The van der Waals surface area contributed by atoms with Crippen LogP contribution in [0.1, 0.15) is 28.4 Å². The van der Waals surface area contributed by atoms with Gasteiger partial charge in [0, 0.05) is 13.2 Å². The number of nitrogens with zero attached hydrogens (tertiary/aromatic N) is 2. The lowest BCUT2D eigenvalue weighted by molar-refractivity contribution is -0.137. The van der Waals surface area contributed by atoms with E-state index in [1.165, 1.54) is 20.2 Å². The van der Waals surface area contributed by atoms with E-state index in [4.69, 9.17) is 0 Å². The van der Waals surface area contributed by atoms with E-state index in [1.807, 2.05) is 0 Å². The van der Waals surface area contributed by atoms with Crippen LogP contribution < -0.4 is 4.90 Å². The number of hydrogen-bond donors (Lipinski definition) is 0. The molecule has 0 aliphatic carbocycles. The molecule has 9 heteroatoms. The summed E-state index contributed by atoms with van der Waals surface area (Å²) in [5.41, 5.74) is -0.597. The number of anilines is 1. The highest BCUT2D eigenvalue weighted by Gasteiger charge is 2.34. The Bertz CT molecular complexity index is 923. The van der Waals surface area contributed by atoms with Crippen LogP contribution in [0.4, 0.5) is 19.0 Å². The number of benzene rings is 1. The number of rotatable bonds is 4. The Hall–Kier alpha value is -2.42. The molecule has 0 radical (unpaired) electrons. The van der Waals surface area contributed by atoms with Crippen molar-refractivity contribution in [3.8, 4) is 0 Å². The van der Waals surface area contributed by atoms with E-state index in [0.29, 0.717) is 12.1 Å². The van der Waals surface area contributed by atoms with Crippen molar-refractivity contribution in [2.45, 2.75) is 24.9 Å². The maximum Gasteiger partial charge on any atom is 0.416 e. The molecule has 1 aromatic carbocycles. The molecule has 0 saturated carbocycles. The third kappa shape index (κ3) is 4.04. The van der Waals surface area contributed by atoms with Gasteiger partial charge in [0.25, 0.3) is 5.91 Å². The summed E-state index contributed by atoms with van der Waals surface area (Å²) >= 11 is 0. The minimum Gasteiger partial charge on any atom is -0.296 e. The molecule has 1 aromatic heterocycles. The van der Waals surface area contributed by atoms with Gasteiger partial charge in [-0.25, -0.2) is 13.4 Å². The molecule has 0 aliphatic heterocycles. The normalized spacial score (nSPS) is 12.1. The summed E-state index contributed by atoms with van der Waals surface area (Å²) in [6, 6.07) is 5.35. The first-order valence-corrected chi connectivity index (χ1v) is 9.27. The topological polar surface area (TPSA) is 67.3 Å². The van der Waals surface area contributed by atoms with E-state index in [2.05, 4.69) is 4.98 Å². The zero-order valence-corrected chi connectivity index (χ0v) is 15.1. The molecule has 0 fully saturated rings. The van der Waals surface area contributed by atoms with E-state index in [1.54, 1.807) is 19.1 Å². The van der Waals surface area contributed by atoms with Crippen LogP contribution in [0.2, 0.25) is 0 Å². The number of hydrogen-bond acceptors (Lipinski definition) is 4. The molecule has 1 heterocycles. The Morgan fingerprint density at radius 1 is 1.19 bits per heavy atom. The average molecular weight is 386 g/mol. The number of sulfone groups is 1. The van der Waals surface area contributed by atoms with Gasteiger partial charge in [0.15, 0.2) is 9.84 Å². The van der Waals surface area contributed by atoms with Crippen molar-refractivity contribution in [1.82, 2.24) is 4.98 Å². The number of carbonyl (C=O) groups is 1. The van der Waals surface area contributed by atoms with Crippen molar-refractivity contribution in [3.63, 3.8) is 0 Å². The van der Waals surface area contributed by atoms with Crippen molar-refractivity contribution in [2.24, 2.45) is 0 Å². The summed E-state index contributed by atoms with van der Waals surface area (Å²) in [4.78, 5) is 17.2. The van der Waals surface area contributed by atoms with Crippen molar-refractivity contribution >= 4 is 21.6 Å². The molecule has 0 bridgehead atoms. The quantitative estimate of drug-likeness (QED) is 0.807. The number of pyridine rings is 1. The van der Waals surface area contributed by atoms with Crippen LogP contribution >= 0.6 is 0 Å². The van der Waals surface area contributed by atoms with Crippen LogP contribution in [0.15, 0.2) is 41.4 Å². The molecule has 2 rings (SSSR count). The Morgan fingerprint density at radius 3 is 2.35 bits per heavy atom. The third-order valence-electron chi connectivity index (χ3n) is 3.80. The second-order valence-electron chi connectivity index (χ2n) is 5.67. The zero-order valence-electron chi connectivity index (χ0n) is 14.3. The fraction of sp³-hybridized carbons (Fsp3) is 0.294. The van der Waals surface area contributed by atoms with Gasteiger partial charge in [-0.15, -0.1) is 0 Å². The van der Waals surface area contributed by atoms with Crippen molar-refractivity contribution < 1.29 is 26.4 Å². The molecular formula is C17H17F3N2O3S. The molecule has 1 amide bonds. The van der Waals surface area contributed by atoms with Gasteiger partial charge in [-0.2, -0.15) is 13.2 Å². The predicted octanol–water partition coefficient (Wildman–Crippen LogP) is 3.48. The number of aryl methyl sites for hydroxylation is 1. The van der Waals surface area contributed by atoms with Gasteiger partial charge in [0.1, 0.15) is 5.82 Å². The van der Waals surface area contributed by atoms with Gasteiger partial charge in [-0.1, -0.05) is 13.0 Å². The van der Waals surface area contributed by atoms with Crippen LogP contribution in [-0.2, 0) is 16.0 Å². The van der Waals surface area contributed by atoms with Gasteiger partial charge >= 0.3 is 6.18 Å². The highest BCUT2D eigenvalue weighted by molar-refractivity contribution is 7.91. The van der Waals surface area contributed by atoms with Crippen molar-refractivity contribution in [3.05, 3.63) is 53.2 Å². The maximum atomic E-state index is 13.0. The van der Waals surface area contributed by atoms with Gasteiger partial charge in [0.05, 0.1) is 21.8 Å². The van der Waals surface area contributed by atoms with E-state index in [9.17, 15) is 26.4 Å². The molecule has 0 atom stereocenters. The minimum absolute atomic E-state index is 0.250. The summed E-state index contributed by atoms with van der Waals surface area (Å²) in [5.74, 6) is -0.941. The molecule has 2 aromatic rings. The summed E-state index contributed by atoms with van der Waals surface area (Å²) in [6.45, 7) is 3.11. The Labute approximate surface area is 149 Å². The highest BCUT2D eigenvalue weighted by Crippen LogP contribution is 2.32. The van der Waals surface area contributed by atoms with Crippen LogP contribution in [0.5, 0.6) is 0 Å². The van der Waals surface area contributed by atoms with Crippen LogP contribution in [-0.4, -0.2) is 32.1 Å². The molecule has 5 nitrogen and oxygen atoms in total. The Kier molecular flexibility index (Phi) is 5.41. The third-order valence-corrected chi connectivity index (χ3v) is 5.57. The van der Waals surface area contributed by atoms with Crippen LogP contribution in [0.25, 0.3) is 0 Å². The molecule has 0 N–H and O–H groups in total. The molecule has 0 aliphatic rings. The standard InChI is InChI=1S/C17H17F3N2O3S/c1-4-26(24,25)14-9-12(17(18,19)20)6-7-13(14)16(23)22(3)15-8-5-11(2)10-21-15/h5-10H,4H2,1-3H3. The number of aromatic nitrogens is 1. The SMILES string of the molecule is CCS(=O)(=O)c1cc(C(F)(F)F)ccc1C(=O)N(C)c1ccc(C)cn1. The maximum absolute atomic E-state index is 13.0. The summed E-state index contributed by atoms with van der Waals surface area (Å²) in [6.07, 6.45) is -3.19. The summed E-state index contributed by atoms with van der Waals surface area (Å²) < 4.78 is 63.4. The van der Waals surface area contributed by atoms with Gasteiger partial charge in [-0.3, -0.25) is 9.69 Å². The van der Waals surface area contributed by atoms with E-state index >= 15 is 0 Å². The molecule has 0 unspecified atom stereocenters. The molecule has 140 valence electrons. The fourth-order valence-corrected chi connectivity index (χ4v) is 3.34. The van der Waals surface area contributed by atoms with Gasteiger partial charge < -0.3 is 0 Å². The van der Waals surface area contributed by atoms with E-state index in [-0.39, 0.29) is 11.4 Å². The van der Waals surface area contributed by atoms with Gasteiger partial charge in [0.2, 0.25) is 0 Å². The predicted molar refractivity (Wildman–Crippen MR) is 90.9 cm³/mol. The summed E-state index contributed by atoms with van der Waals surface area (Å²) in [5, 5.41) is 0. The largest absolute Gasteiger partial charge is 0.416 e. The van der Waals surface area contributed by atoms with Crippen molar-refractivity contribution in [2.75, 3.05) is 17.7 Å². The van der Waals surface area contributed by atoms with Gasteiger partial charge in [-0.05, 0) is 36.8 Å². The fourth-order valence-electron chi connectivity index (χ4n) is 2.23. The van der Waals surface area contributed by atoms with Crippen molar-refractivity contribution in [1.29, 1.82) is 0 Å². The summed E-state index contributed by atoms with van der Waals surface area (Å²) in [7, 11) is -2.67. The number of halogens is 3. The Balaban J connectivity index is 2.57. The van der Waals surface area contributed by atoms with E-state index < -0.39 is 38.1 Å². The second-order valence-corrected chi connectivity index (χ2v) is 7.92. The number of alkyl halides is 3. The lowest BCUT2D eigenvalue weighted by Gasteiger charge is -2.19. The van der Waals surface area contributed by atoms with Crippen LogP contribution in [0, 0.1) is 6.92 Å². The molecule has 0 spiro atoms. The second kappa shape index (κ2) is 7.06. The smallest absolute Gasteiger partial charge is 0.296 e. The first-order chi connectivity index (χ1) is 12.0. The number of amides is 1. The lowest BCUT2D eigenvalue weighted by atomic mass is 10.1. The highest BCUT2D eigenvalue weighted by atomic mass is 32.2. The molecule has 26 heavy (non-hydrogen) atoms. The lowest BCUT2D eigenvalue weighted by Crippen LogP contribution is -2.29. The first kappa shape index (κ1) is 19.9. The monoisotopic (exact) mass is 386 g/mol. The van der Waals surface area contributed by atoms with Crippen LogP contribution in [0.3, 0.4) is 0 Å². The minimum atomic E-state index is -4.72.